The summed E-state index contributed by atoms with van der Waals surface area (Å²) in [7, 11) is -3.68. The lowest BCUT2D eigenvalue weighted by Crippen LogP contribution is -2.37. The molecule has 0 heterocycles. The monoisotopic (exact) mass is 428 g/mol. The number of hydrogen-bond acceptors (Lipinski definition) is 3. The maximum absolute atomic E-state index is 13.8. The Kier molecular flexibility index (Phi) is 5.84. The highest BCUT2D eigenvalue weighted by molar-refractivity contribution is 9.10. The van der Waals surface area contributed by atoms with Gasteiger partial charge in [0.25, 0.3) is 0 Å². The minimum absolute atomic E-state index is 0.0120. The highest BCUT2D eigenvalue weighted by Crippen LogP contribution is 2.22. The molecule has 1 amide bonds. The van der Waals surface area contributed by atoms with Gasteiger partial charge in [-0.25, -0.2) is 12.8 Å². The lowest BCUT2D eigenvalue weighted by molar-refractivity contribution is -0.114. The van der Waals surface area contributed by atoms with Crippen molar-refractivity contribution in [3.63, 3.8) is 0 Å². The summed E-state index contributed by atoms with van der Waals surface area (Å²) in [5, 5.41) is 2.40. The van der Waals surface area contributed by atoms with Gasteiger partial charge in [-0.15, -0.1) is 0 Å². The third-order valence-corrected chi connectivity index (χ3v) is 5.02. The average Bonchev–Trinajstić information content (AvgIpc) is 2.45. The van der Waals surface area contributed by atoms with Crippen LogP contribution in [0.2, 0.25) is 0 Å². The van der Waals surface area contributed by atoms with Crippen LogP contribution in [-0.2, 0) is 14.8 Å². The molecule has 0 aliphatic carbocycles. The molecule has 134 valence electrons. The number of carbonyl (C=O) groups is 1. The summed E-state index contributed by atoms with van der Waals surface area (Å²) in [5.74, 6) is -1.24. The first-order valence-corrected chi connectivity index (χ1v) is 10.0. The molecule has 0 bridgehead atoms. The van der Waals surface area contributed by atoms with Crippen molar-refractivity contribution in [3.05, 3.63) is 57.8 Å². The molecule has 0 fully saturated rings. The Balaban J connectivity index is 2.27. The van der Waals surface area contributed by atoms with E-state index in [2.05, 4.69) is 21.2 Å². The molecule has 0 aliphatic heterocycles. The van der Waals surface area contributed by atoms with Crippen LogP contribution in [0.3, 0.4) is 0 Å². The number of hydrogen-bond donors (Lipinski definition) is 1. The van der Waals surface area contributed by atoms with E-state index in [0.717, 1.165) is 21.7 Å². The van der Waals surface area contributed by atoms with Crippen LogP contribution in [0.25, 0.3) is 0 Å². The predicted octanol–water partition coefficient (Wildman–Crippen LogP) is 3.61. The van der Waals surface area contributed by atoms with Crippen LogP contribution in [0.4, 0.5) is 15.8 Å². The van der Waals surface area contributed by atoms with Crippen molar-refractivity contribution >= 4 is 43.2 Å². The second-order valence-electron chi connectivity index (χ2n) is 5.79. The first-order chi connectivity index (χ1) is 11.6. The largest absolute Gasteiger partial charge is 0.322 e. The van der Waals surface area contributed by atoms with Crippen LogP contribution in [0.1, 0.15) is 11.1 Å². The first-order valence-electron chi connectivity index (χ1n) is 7.37. The fourth-order valence-electron chi connectivity index (χ4n) is 2.41. The number of aryl methyl sites for hydroxylation is 2. The van der Waals surface area contributed by atoms with Crippen molar-refractivity contribution < 1.29 is 17.6 Å². The van der Waals surface area contributed by atoms with E-state index < -0.39 is 28.3 Å². The van der Waals surface area contributed by atoms with Gasteiger partial charge < -0.3 is 5.32 Å². The quantitative estimate of drug-likeness (QED) is 0.790. The SMILES string of the molecule is Cc1cc(C)cc(N(CC(=O)Nc2ccc(Br)cc2F)S(C)(=O)=O)c1. The number of halogens is 2. The molecule has 0 aromatic heterocycles. The summed E-state index contributed by atoms with van der Waals surface area (Å²) in [4.78, 5) is 12.3. The molecule has 0 atom stereocenters. The number of rotatable bonds is 5. The summed E-state index contributed by atoms with van der Waals surface area (Å²) >= 11 is 3.13. The van der Waals surface area contributed by atoms with Crippen molar-refractivity contribution in [2.24, 2.45) is 0 Å². The molecular formula is C17H18BrFN2O3S. The molecule has 0 radical (unpaired) electrons. The summed E-state index contributed by atoms with van der Waals surface area (Å²) < 4.78 is 39.6. The summed E-state index contributed by atoms with van der Waals surface area (Å²) in [6.45, 7) is 3.24. The van der Waals surface area contributed by atoms with Gasteiger partial charge in [-0.2, -0.15) is 0 Å². The third-order valence-electron chi connectivity index (χ3n) is 3.39. The lowest BCUT2D eigenvalue weighted by atomic mass is 10.1. The summed E-state index contributed by atoms with van der Waals surface area (Å²) in [6, 6.07) is 9.47. The van der Waals surface area contributed by atoms with Gasteiger partial charge >= 0.3 is 0 Å². The minimum Gasteiger partial charge on any atom is -0.322 e. The molecule has 0 aliphatic rings. The first kappa shape index (κ1) is 19.4. The second kappa shape index (κ2) is 7.53. The topological polar surface area (TPSA) is 66.5 Å². The Morgan fingerprint density at radius 2 is 1.76 bits per heavy atom. The van der Waals surface area contributed by atoms with Crippen LogP contribution < -0.4 is 9.62 Å². The van der Waals surface area contributed by atoms with Gasteiger partial charge in [0.1, 0.15) is 12.4 Å². The molecule has 2 aromatic carbocycles. The van der Waals surface area contributed by atoms with E-state index in [4.69, 9.17) is 0 Å². The fourth-order valence-corrected chi connectivity index (χ4v) is 3.58. The highest BCUT2D eigenvalue weighted by atomic mass is 79.9. The van der Waals surface area contributed by atoms with Gasteiger partial charge in [0.15, 0.2) is 0 Å². The second-order valence-corrected chi connectivity index (χ2v) is 8.61. The summed E-state index contributed by atoms with van der Waals surface area (Å²) in [5.41, 5.74) is 2.14. The van der Waals surface area contributed by atoms with Crippen LogP contribution in [0.15, 0.2) is 40.9 Å². The molecule has 5 nitrogen and oxygen atoms in total. The Hall–Kier alpha value is -1.93. The highest BCUT2D eigenvalue weighted by Gasteiger charge is 2.22. The van der Waals surface area contributed by atoms with Crippen molar-refractivity contribution in [2.75, 3.05) is 22.4 Å². The predicted molar refractivity (Wildman–Crippen MR) is 101 cm³/mol. The number of nitrogens with zero attached hydrogens (tertiary/aromatic N) is 1. The van der Waals surface area contributed by atoms with Crippen LogP contribution in [0.5, 0.6) is 0 Å². The van der Waals surface area contributed by atoms with Crippen LogP contribution in [-0.4, -0.2) is 27.1 Å². The smallest absolute Gasteiger partial charge is 0.245 e. The number of sulfonamides is 1. The Bertz CT molecular complexity index is 896. The normalized spacial score (nSPS) is 11.2. The number of benzene rings is 2. The van der Waals surface area contributed by atoms with E-state index in [1.807, 2.05) is 19.9 Å². The molecule has 0 saturated carbocycles. The van der Waals surface area contributed by atoms with Crippen molar-refractivity contribution in [3.8, 4) is 0 Å². The Morgan fingerprint density at radius 3 is 2.28 bits per heavy atom. The van der Waals surface area contributed by atoms with Crippen LogP contribution >= 0.6 is 15.9 Å². The number of anilines is 2. The van der Waals surface area contributed by atoms with Gasteiger partial charge in [-0.05, 0) is 55.3 Å². The van der Waals surface area contributed by atoms with Gasteiger partial charge in [0.2, 0.25) is 15.9 Å². The molecule has 25 heavy (non-hydrogen) atoms. The Morgan fingerprint density at radius 1 is 1.16 bits per heavy atom. The summed E-state index contributed by atoms with van der Waals surface area (Å²) in [6.07, 6.45) is 1.03. The molecule has 2 rings (SSSR count). The van der Waals surface area contributed by atoms with E-state index in [0.29, 0.717) is 10.2 Å². The molecule has 2 aromatic rings. The maximum atomic E-state index is 13.8. The van der Waals surface area contributed by atoms with E-state index in [1.165, 1.54) is 12.1 Å². The standard InChI is InChI=1S/C17H18BrFN2O3S/c1-11-6-12(2)8-14(7-11)21(25(3,23)24)10-17(22)20-16-5-4-13(18)9-15(16)19/h4-9H,10H2,1-3H3,(H,20,22). The number of amides is 1. The molecule has 1 N–H and O–H groups in total. The molecule has 0 saturated heterocycles. The van der Waals surface area contributed by atoms with Crippen molar-refractivity contribution in [2.45, 2.75) is 13.8 Å². The minimum atomic E-state index is -3.68. The van der Waals surface area contributed by atoms with E-state index in [-0.39, 0.29) is 5.69 Å². The fraction of sp³-hybridized carbons (Fsp3) is 0.235. The van der Waals surface area contributed by atoms with Crippen molar-refractivity contribution in [1.29, 1.82) is 0 Å². The van der Waals surface area contributed by atoms with Gasteiger partial charge in [-0.1, -0.05) is 22.0 Å². The average molecular weight is 429 g/mol. The van der Waals surface area contributed by atoms with Crippen molar-refractivity contribution in [1.82, 2.24) is 0 Å². The maximum Gasteiger partial charge on any atom is 0.245 e. The van der Waals surface area contributed by atoms with Gasteiger partial charge in [-0.3, -0.25) is 9.10 Å². The Labute approximate surface area is 155 Å². The molecule has 0 unspecified atom stereocenters. The number of nitrogens with one attached hydrogen (secondary N) is 1. The third kappa shape index (κ3) is 5.27. The molecule has 8 heteroatoms. The number of carbonyl (C=O) groups excluding carboxylic acids is 1. The van der Waals surface area contributed by atoms with E-state index in [1.54, 1.807) is 18.2 Å². The van der Waals surface area contributed by atoms with E-state index >= 15 is 0 Å². The lowest BCUT2D eigenvalue weighted by Gasteiger charge is -2.23. The zero-order valence-electron chi connectivity index (χ0n) is 14.0. The van der Waals surface area contributed by atoms with Gasteiger partial charge in [0.05, 0.1) is 17.6 Å². The zero-order chi connectivity index (χ0) is 18.8. The van der Waals surface area contributed by atoms with Gasteiger partial charge in [0, 0.05) is 4.47 Å². The van der Waals surface area contributed by atoms with E-state index in [9.17, 15) is 17.6 Å². The zero-order valence-corrected chi connectivity index (χ0v) is 16.4. The molecular weight excluding hydrogens is 411 g/mol. The van der Waals surface area contributed by atoms with Crippen LogP contribution in [0, 0.1) is 19.7 Å². The molecule has 0 spiro atoms.